The molecule has 5 heteroatoms. The second-order valence-electron chi connectivity index (χ2n) is 6.70. The molecule has 4 aromatic rings. The average Bonchev–Trinajstić information content (AvgIpc) is 3.41. The van der Waals surface area contributed by atoms with Crippen LogP contribution in [-0.2, 0) is 6.54 Å². The fourth-order valence-electron chi connectivity index (χ4n) is 3.22. The van der Waals surface area contributed by atoms with Crippen molar-refractivity contribution in [2.24, 2.45) is 0 Å². The third kappa shape index (κ3) is 4.51. The number of thiophene rings is 1. The Bertz CT molecular complexity index is 1060. The lowest BCUT2D eigenvalue weighted by atomic mass is 10.1. The Morgan fingerprint density at radius 1 is 0.931 bits per heavy atom. The highest BCUT2D eigenvalue weighted by Gasteiger charge is 2.11. The topological polar surface area (TPSA) is 36.3 Å². The minimum atomic E-state index is 0.523. The number of benzene rings is 2. The van der Waals surface area contributed by atoms with Crippen LogP contribution in [0.1, 0.15) is 12.5 Å². The molecule has 2 aromatic heterocycles. The Hall–Kier alpha value is -3.05. The molecule has 0 aliphatic rings. The lowest BCUT2D eigenvalue weighted by Gasteiger charge is -2.12. The molecule has 29 heavy (non-hydrogen) atoms. The van der Waals surface area contributed by atoms with E-state index in [4.69, 9.17) is 14.6 Å². The number of hydrogen-bond acceptors (Lipinski definition) is 4. The van der Waals surface area contributed by atoms with Gasteiger partial charge in [0.2, 0.25) is 5.88 Å². The first-order valence-electron chi connectivity index (χ1n) is 9.78. The summed E-state index contributed by atoms with van der Waals surface area (Å²) in [5.74, 6) is 1.67. The van der Waals surface area contributed by atoms with Crippen LogP contribution < -0.4 is 9.47 Å². The fraction of sp³-hybridized carbons (Fsp3) is 0.208. The molecule has 148 valence electrons. The van der Waals surface area contributed by atoms with Crippen molar-refractivity contribution in [3.8, 4) is 33.3 Å². The molecule has 2 aromatic carbocycles. The van der Waals surface area contributed by atoms with Gasteiger partial charge in [-0.25, -0.2) is 4.68 Å². The van der Waals surface area contributed by atoms with Crippen LogP contribution in [0.2, 0.25) is 0 Å². The average molecular weight is 405 g/mol. The summed E-state index contributed by atoms with van der Waals surface area (Å²) in [6.45, 7) is 5.81. The van der Waals surface area contributed by atoms with Crippen LogP contribution >= 0.6 is 11.3 Å². The van der Waals surface area contributed by atoms with E-state index in [0.717, 1.165) is 28.5 Å². The molecular weight excluding hydrogens is 380 g/mol. The molecule has 2 heterocycles. The highest BCUT2D eigenvalue weighted by Crippen LogP contribution is 2.29. The summed E-state index contributed by atoms with van der Waals surface area (Å²) in [4.78, 5) is 1.27. The number of aromatic nitrogens is 2. The van der Waals surface area contributed by atoms with Crippen molar-refractivity contribution >= 4 is 11.3 Å². The molecule has 0 fully saturated rings. The van der Waals surface area contributed by atoms with Gasteiger partial charge in [-0.1, -0.05) is 36.4 Å². The lowest BCUT2D eigenvalue weighted by Crippen LogP contribution is -2.12. The monoisotopic (exact) mass is 404 g/mol. The van der Waals surface area contributed by atoms with Gasteiger partial charge in [-0.3, -0.25) is 0 Å². The van der Waals surface area contributed by atoms with Crippen molar-refractivity contribution in [1.29, 1.82) is 0 Å². The van der Waals surface area contributed by atoms with E-state index >= 15 is 0 Å². The van der Waals surface area contributed by atoms with Crippen LogP contribution in [0, 0.1) is 6.92 Å². The zero-order valence-electron chi connectivity index (χ0n) is 16.7. The van der Waals surface area contributed by atoms with Gasteiger partial charge in [0.1, 0.15) is 12.4 Å². The maximum Gasteiger partial charge on any atom is 0.212 e. The van der Waals surface area contributed by atoms with Gasteiger partial charge in [-0.05, 0) is 54.6 Å². The van der Waals surface area contributed by atoms with Crippen molar-refractivity contribution in [1.82, 2.24) is 9.78 Å². The number of ether oxygens (including phenoxy) is 2. The van der Waals surface area contributed by atoms with Gasteiger partial charge in [-0.15, -0.1) is 11.3 Å². The number of hydrogen-bond donors (Lipinski definition) is 0. The molecule has 0 saturated heterocycles. The molecule has 0 amide bonds. The molecule has 4 rings (SSSR count). The summed E-state index contributed by atoms with van der Waals surface area (Å²) < 4.78 is 13.7. The molecule has 4 nitrogen and oxygen atoms in total. The predicted molar refractivity (Wildman–Crippen MR) is 119 cm³/mol. The SMILES string of the molecule is CCOc1cc(-c2ccccc2)nn1CCOc1ccc(-c2cccs2)cc1C. The summed E-state index contributed by atoms with van der Waals surface area (Å²) in [6, 6.07) is 22.7. The van der Waals surface area contributed by atoms with E-state index in [2.05, 4.69) is 48.7 Å². The maximum atomic E-state index is 6.05. The third-order valence-corrected chi connectivity index (χ3v) is 5.57. The molecular formula is C24H24N2O2S. The van der Waals surface area contributed by atoms with E-state index < -0.39 is 0 Å². The first kappa shape index (κ1) is 19.3. The first-order valence-corrected chi connectivity index (χ1v) is 10.7. The van der Waals surface area contributed by atoms with Gasteiger partial charge >= 0.3 is 0 Å². The van der Waals surface area contributed by atoms with Crippen molar-refractivity contribution < 1.29 is 9.47 Å². The summed E-state index contributed by atoms with van der Waals surface area (Å²) >= 11 is 1.75. The highest BCUT2D eigenvalue weighted by molar-refractivity contribution is 7.13. The van der Waals surface area contributed by atoms with Gasteiger partial charge < -0.3 is 9.47 Å². The molecule has 0 N–H and O–H groups in total. The third-order valence-electron chi connectivity index (χ3n) is 4.65. The Morgan fingerprint density at radius 2 is 1.79 bits per heavy atom. The molecule has 0 spiro atoms. The zero-order chi connectivity index (χ0) is 20.1. The van der Waals surface area contributed by atoms with E-state index in [-0.39, 0.29) is 0 Å². The maximum absolute atomic E-state index is 6.05. The zero-order valence-corrected chi connectivity index (χ0v) is 17.5. The van der Waals surface area contributed by atoms with Gasteiger partial charge in [0.05, 0.1) is 18.8 Å². The van der Waals surface area contributed by atoms with Gasteiger partial charge in [0.15, 0.2) is 0 Å². The van der Waals surface area contributed by atoms with Crippen molar-refractivity contribution in [2.45, 2.75) is 20.4 Å². The van der Waals surface area contributed by atoms with Gasteiger partial charge in [0.25, 0.3) is 0 Å². The standard InChI is InChI=1S/C24H24N2O2S/c1-3-27-24-17-21(19-8-5-4-6-9-19)25-26(24)13-14-28-22-12-11-20(16-18(22)2)23-10-7-15-29-23/h4-12,15-17H,3,13-14H2,1-2H3. The molecule has 0 aliphatic carbocycles. The van der Waals surface area contributed by atoms with Crippen molar-refractivity contribution in [2.75, 3.05) is 13.2 Å². The largest absolute Gasteiger partial charge is 0.491 e. The quantitative estimate of drug-likeness (QED) is 0.358. The van der Waals surface area contributed by atoms with Crippen molar-refractivity contribution in [3.05, 3.63) is 77.7 Å². The van der Waals surface area contributed by atoms with Crippen LogP contribution in [-0.4, -0.2) is 23.0 Å². The van der Waals surface area contributed by atoms with Crippen LogP contribution in [0.15, 0.2) is 72.1 Å². The smallest absolute Gasteiger partial charge is 0.212 e. The normalized spacial score (nSPS) is 10.8. The van der Waals surface area contributed by atoms with E-state index in [1.807, 2.05) is 41.9 Å². The van der Waals surface area contributed by atoms with E-state index in [1.54, 1.807) is 11.3 Å². The molecule has 0 radical (unpaired) electrons. The summed E-state index contributed by atoms with van der Waals surface area (Å²) in [7, 11) is 0. The Labute approximate surface area is 175 Å². The summed E-state index contributed by atoms with van der Waals surface area (Å²) in [5, 5.41) is 6.81. The van der Waals surface area contributed by atoms with Crippen LogP contribution in [0.3, 0.4) is 0 Å². The molecule has 0 atom stereocenters. The number of aryl methyl sites for hydroxylation is 1. The predicted octanol–water partition coefficient (Wildman–Crippen LogP) is 6.06. The second kappa shape index (κ2) is 8.97. The minimum Gasteiger partial charge on any atom is -0.491 e. The Balaban J connectivity index is 1.44. The Kier molecular flexibility index (Phi) is 5.96. The first-order chi connectivity index (χ1) is 14.2. The van der Waals surface area contributed by atoms with Crippen molar-refractivity contribution in [3.63, 3.8) is 0 Å². The van der Waals surface area contributed by atoms with E-state index in [1.165, 1.54) is 10.4 Å². The summed E-state index contributed by atoms with van der Waals surface area (Å²) in [5.41, 5.74) is 4.34. The second-order valence-corrected chi connectivity index (χ2v) is 7.64. The van der Waals surface area contributed by atoms with E-state index in [9.17, 15) is 0 Å². The molecule has 0 unspecified atom stereocenters. The number of rotatable bonds is 8. The molecule has 0 bridgehead atoms. The molecule has 0 aliphatic heterocycles. The van der Waals surface area contributed by atoms with E-state index in [0.29, 0.717) is 19.8 Å². The van der Waals surface area contributed by atoms with Gasteiger partial charge in [-0.2, -0.15) is 5.10 Å². The summed E-state index contributed by atoms with van der Waals surface area (Å²) in [6.07, 6.45) is 0. The minimum absolute atomic E-state index is 0.523. The fourth-order valence-corrected chi connectivity index (χ4v) is 3.95. The lowest BCUT2D eigenvalue weighted by molar-refractivity contribution is 0.259. The number of nitrogens with zero attached hydrogens (tertiary/aromatic N) is 2. The highest BCUT2D eigenvalue weighted by atomic mass is 32.1. The van der Waals surface area contributed by atoms with Crippen LogP contribution in [0.5, 0.6) is 11.6 Å². The Morgan fingerprint density at radius 3 is 2.52 bits per heavy atom. The van der Waals surface area contributed by atoms with Gasteiger partial charge in [0, 0.05) is 16.5 Å². The molecule has 0 saturated carbocycles. The van der Waals surface area contributed by atoms with Crippen LogP contribution in [0.4, 0.5) is 0 Å². The van der Waals surface area contributed by atoms with Crippen LogP contribution in [0.25, 0.3) is 21.7 Å².